The van der Waals surface area contributed by atoms with E-state index in [1.165, 1.54) is 5.56 Å². The number of hydrogen-bond donors (Lipinski definition) is 1. The minimum Gasteiger partial charge on any atom is -0.497 e. The number of ether oxygens (including phenoxy) is 2. The van der Waals surface area contributed by atoms with Gasteiger partial charge < -0.3 is 14.8 Å². The highest BCUT2D eigenvalue weighted by molar-refractivity contribution is 5.49. The predicted molar refractivity (Wildman–Crippen MR) is 86.7 cm³/mol. The maximum atomic E-state index is 5.85. The largest absolute Gasteiger partial charge is 0.497 e. The molecule has 2 aromatic carbocycles. The molecular weight excluding hydrogens is 262 g/mol. The van der Waals surface area contributed by atoms with Crippen molar-refractivity contribution in [3.8, 4) is 11.5 Å². The maximum Gasteiger partial charge on any atom is 0.127 e. The van der Waals surface area contributed by atoms with Crippen LogP contribution in [0.5, 0.6) is 11.5 Å². The van der Waals surface area contributed by atoms with Crippen LogP contribution in [0.1, 0.15) is 11.1 Å². The quantitative estimate of drug-likeness (QED) is 0.843. The van der Waals surface area contributed by atoms with E-state index in [1.807, 2.05) is 49.5 Å². The Morgan fingerprint density at radius 1 is 1.10 bits per heavy atom. The molecule has 0 saturated carbocycles. The van der Waals surface area contributed by atoms with Crippen LogP contribution in [-0.2, 0) is 6.54 Å². The van der Waals surface area contributed by atoms with Gasteiger partial charge in [-0.05, 0) is 24.8 Å². The van der Waals surface area contributed by atoms with E-state index in [9.17, 15) is 0 Å². The van der Waals surface area contributed by atoms with Crippen molar-refractivity contribution in [3.63, 3.8) is 0 Å². The molecule has 0 heterocycles. The summed E-state index contributed by atoms with van der Waals surface area (Å²) in [7, 11) is 3.58. The van der Waals surface area contributed by atoms with E-state index < -0.39 is 0 Å². The lowest BCUT2D eigenvalue weighted by Crippen LogP contribution is -2.07. The van der Waals surface area contributed by atoms with E-state index in [1.54, 1.807) is 7.11 Å². The van der Waals surface area contributed by atoms with Crippen molar-refractivity contribution < 1.29 is 9.47 Å². The van der Waals surface area contributed by atoms with E-state index in [-0.39, 0.29) is 0 Å². The summed E-state index contributed by atoms with van der Waals surface area (Å²) in [6.45, 7) is 1.29. The zero-order valence-corrected chi connectivity index (χ0v) is 12.5. The molecule has 0 amide bonds. The second kappa shape index (κ2) is 8.12. The van der Waals surface area contributed by atoms with Gasteiger partial charge in [-0.3, -0.25) is 0 Å². The Bertz CT molecular complexity index is 579. The van der Waals surface area contributed by atoms with Gasteiger partial charge >= 0.3 is 0 Å². The summed E-state index contributed by atoms with van der Waals surface area (Å²) in [5.41, 5.74) is 2.29. The fourth-order valence-electron chi connectivity index (χ4n) is 2.02. The monoisotopic (exact) mass is 283 g/mol. The van der Waals surface area contributed by atoms with Gasteiger partial charge in [0.05, 0.1) is 7.11 Å². The summed E-state index contributed by atoms with van der Waals surface area (Å²) in [6.07, 6.45) is 4.07. The third-order valence-corrected chi connectivity index (χ3v) is 3.09. The average Bonchev–Trinajstić information content (AvgIpc) is 2.54. The second-order valence-corrected chi connectivity index (χ2v) is 4.63. The van der Waals surface area contributed by atoms with E-state index in [0.717, 1.165) is 23.6 Å². The molecule has 3 nitrogen and oxygen atoms in total. The van der Waals surface area contributed by atoms with E-state index in [0.29, 0.717) is 6.61 Å². The van der Waals surface area contributed by atoms with Crippen molar-refractivity contribution in [1.29, 1.82) is 0 Å². The van der Waals surface area contributed by atoms with Crippen molar-refractivity contribution in [2.45, 2.75) is 6.54 Å². The lowest BCUT2D eigenvalue weighted by atomic mass is 10.2. The predicted octanol–water partition coefficient (Wildman–Crippen LogP) is 3.51. The molecule has 0 unspecified atom stereocenters. The van der Waals surface area contributed by atoms with Crippen LogP contribution < -0.4 is 14.8 Å². The molecule has 1 N–H and O–H groups in total. The lowest BCUT2D eigenvalue weighted by Gasteiger charge is -2.11. The van der Waals surface area contributed by atoms with E-state index in [4.69, 9.17) is 9.47 Å². The molecule has 0 atom stereocenters. The van der Waals surface area contributed by atoms with Crippen LogP contribution in [0, 0.1) is 0 Å². The average molecular weight is 283 g/mol. The molecule has 2 aromatic rings. The lowest BCUT2D eigenvalue weighted by molar-refractivity contribution is 0.352. The van der Waals surface area contributed by atoms with E-state index in [2.05, 4.69) is 23.5 Å². The van der Waals surface area contributed by atoms with Gasteiger partial charge in [0.15, 0.2) is 0 Å². The molecule has 3 heteroatoms. The van der Waals surface area contributed by atoms with Gasteiger partial charge in [0, 0.05) is 18.2 Å². The first kappa shape index (κ1) is 15.1. The standard InChI is InChI=1S/C18H21NO2/c1-19-14-16-10-11-17(20-2)13-18(16)21-12-6-9-15-7-4-3-5-8-15/h3-11,13,19H,12,14H2,1-2H3/b9-6+. The summed E-state index contributed by atoms with van der Waals surface area (Å²) in [4.78, 5) is 0. The van der Waals surface area contributed by atoms with Gasteiger partial charge in [0.2, 0.25) is 0 Å². The van der Waals surface area contributed by atoms with Crippen molar-refractivity contribution in [2.75, 3.05) is 20.8 Å². The summed E-state index contributed by atoms with van der Waals surface area (Å²) < 4.78 is 11.1. The number of nitrogens with one attached hydrogen (secondary N) is 1. The molecule has 0 radical (unpaired) electrons. The third-order valence-electron chi connectivity index (χ3n) is 3.09. The molecule has 110 valence electrons. The highest BCUT2D eigenvalue weighted by Crippen LogP contribution is 2.24. The first-order valence-corrected chi connectivity index (χ1v) is 6.99. The van der Waals surface area contributed by atoms with Crippen LogP contribution in [0.15, 0.2) is 54.6 Å². The van der Waals surface area contributed by atoms with Crippen molar-refractivity contribution >= 4 is 6.08 Å². The Balaban J connectivity index is 1.99. The number of rotatable bonds is 7. The van der Waals surface area contributed by atoms with Crippen LogP contribution >= 0.6 is 0 Å². The SMILES string of the molecule is CNCc1ccc(OC)cc1OC/C=C/c1ccccc1. The molecule has 0 aliphatic heterocycles. The first-order chi connectivity index (χ1) is 10.3. The molecule has 21 heavy (non-hydrogen) atoms. The van der Waals surface area contributed by atoms with Gasteiger partial charge in [-0.2, -0.15) is 0 Å². The van der Waals surface area contributed by atoms with Crippen LogP contribution in [-0.4, -0.2) is 20.8 Å². The van der Waals surface area contributed by atoms with Gasteiger partial charge in [0.1, 0.15) is 18.1 Å². The zero-order valence-electron chi connectivity index (χ0n) is 12.5. The fourth-order valence-corrected chi connectivity index (χ4v) is 2.02. The van der Waals surface area contributed by atoms with Crippen molar-refractivity contribution in [1.82, 2.24) is 5.32 Å². The first-order valence-electron chi connectivity index (χ1n) is 6.99. The summed E-state index contributed by atoms with van der Waals surface area (Å²) in [6, 6.07) is 16.1. The highest BCUT2D eigenvalue weighted by Gasteiger charge is 2.04. The van der Waals surface area contributed by atoms with Crippen LogP contribution in [0.2, 0.25) is 0 Å². The number of hydrogen-bond acceptors (Lipinski definition) is 3. The molecule has 0 aliphatic carbocycles. The van der Waals surface area contributed by atoms with Gasteiger partial charge in [-0.25, -0.2) is 0 Å². The number of benzene rings is 2. The minimum atomic E-state index is 0.527. The highest BCUT2D eigenvalue weighted by atomic mass is 16.5. The Morgan fingerprint density at radius 2 is 1.90 bits per heavy atom. The molecule has 0 aliphatic rings. The minimum absolute atomic E-state index is 0.527. The summed E-state index contributed by atoms with van der Waals surface area (Å²) in [5.74, 6) is 1.65. The fraction of sp³-hybridized carbons (Fsp3) is 0.222. The molecule has 0 saturated heterocycles. The van der Waals surface area contributed by atoms with Gasteiger partial charge in [0.25, 0.3) is 0 Å². The Hall–Kier alpha value is -2.26. The van der Waals surface area contributed by atoms with Crippen LogP contribution in [0.25, 0.3) is 6.08 Å². The molecule has 2 rings (SSSR count). The second-order valence-electron chi connectivity index (χ2n) is 4.63. The smallest absolute Gasteiger partial charge is 0.127 e. The van der Waals surface area contributed by atoms with Crippen LogP contribution in [0.4, 0.5) is 0 Å². The number of methoxy groups -OCH3 is 1. The summed E-state index contributed by atoms with van der Waals surface area (Å²) >= 11 is 0. The topological polar surface area (TPSA) is 30.5 Å². The normalized spacial score (nSPS) is 10.8. The molecule has 0 fully saturated rings. The Morgan fingerprint density at radius 3 is 2.62 bits per heavy atom. The Kier molecular flexibility index (Phi) is 5.85. The Labute approximate surface area is 126 Å². The van der Waals surface area contributed by atoms with E-state index >= 15 is 0 Å². The maximum absolute atomic E-state index is 5.85. The van der Waals surface area contributed by atoms with Gasteiger partial charge in [-0.1, -0.05) is 42.5 Å². The zero-order chi connectivity index (χ0) is 14.9. The summed E-state index contributed by atoms with van der Waals surface area (Å²) in [5, 5.41) is 3.14. The van der Waals surface area contributed by atoms with Crippen LogP contribution in [0.3, 0.4) is 0 Å². The molecule has 0 bridgehead atoms. The van der Waals surface area contributed by atoms with Gasteiger partial charge in [-0.15, -0.1) is 0 Å². The molecular formula is C18H21NO2. The third kappa shape index (κ3) is 4.65. The van der Waals surface area contributed by atoms with Crippen molar-refractivity contribution in [3.05, 3.63) is 65.7 Å². The van der Waals surface area contributed by atoms with Crippen molar-refractivity contribution in [2.24, 2.45) is 0 Å². The molecule has 0 aromatic heterocycles. The molecule has 0 spiro atoms.